The van der Waals surface area contributed by atoms with Crippen molar-refractivity contribution in [3.05, 3.63) is 85.8 Å². The van der Waals surface area contributed by atoms with Gasteiger partial charge in [0, 0.05) is 12.0 Å². The zero-order valence-electron chi connectivity index (χ0n) is 13.1. The van der Waals surface area contributed by atoms with Crippen molar-refractivity contribution in [2.45, 2.75) is 18.6 Å². The Bertz CT molecular complexity index is 959. The van der Waals surface area contributed by atoms with Crippen molar-refractivity contribution in [2.24, 2.45) is 0 Å². The molecule has 2 unspecified atom stereocenters. The van der Waals surface area contributed by atoms with Crippen LogP contribution in [0.2, 0.25) is 0 Å². The van der Waals surface area contributed by atoms with Crippen LogP contribution in [0.5, 0.6) is 5.88 Å². The van der Waals surface area contributed by atoms with Crippen molar-refractivity contribution in [2.75, 3.05) is 0 Å². The Morgan fingerprint density at radius 1 is 1.12 bits per heavy atom. The Balaban J connectivity index is 1.45. The first-order chi connectivity index (χ1) is 12.1. The number of epoxide rings is 1. The molecule has 5 nitrogen and oxygen atoms in total. The monoisotopic (exact) mass is 353 g/mol. The molecule has 1 aromatic heterocycles. The highest BCUT2D eigenvalue weighted by molar-refractivity contribution is 7.09. The van der Waals surface area contributed by atoms with Gasteiger partial charge in [-0.15, -0.1) is 0 Å². The van der Waals surface area contributed by atoms with Gasteiger partial charge in [0.25, 0.3) is 0 Å². The molecule has 0 aliphatic carbocycles. The number of nitrogens with one attached hydrogen (secondary N) is 1. The number of benzene rings is 2. The molecule has 3 aromatic rings. The molecule has 0 bridgehead atoms. The lowest BCUT2D eigenvalue weighted by molar-refractivity contribution is 0.0953. The Hall–Kier alpha value is -2.70. The van der Waals surface area contributed by atoms with Gasteiger partial charge in [0.05, 0.1) is 4.88 Å². The molecule has 1 aliphatic rings. The first-order valence-corrected chi connectivity index (χ1v) is 8.68. The highest BCUT2D eigenvalue weighted by Gasteiger charge is 2.45. The predicted molar refractivity (Wildman–Crippen MR) is 94.2 cm³/mol. The van der Waals surface area contributed by atoms with E-state index < -0.39 is 6.10 Å². The van der Waals surface area contributed by atoms with Crippen LogP contribution in [-0.4, -0.2) is 22.0 Å². The van der Waals surface area contributed by atoms with Crippen LogP contribution in [0.3, 0.4) is 0 Å². The molecule has 4 rings (SSSR count). The summed E-state index contributed by atoms with van der Waals surface area (Å²) in [6.45, 7) is 0. The van der Waals surface area contributed by atoms with Crippen molar-refractivity contribution >= 4 is 17.1 Å². The summed E-state index contributed by atoms with van der Waals surface area (Å²) in [5, 5.41) is 9.64. The number of aromatic hydroxyl groups is 1. The van der Waals surface area contributed by atoms with E-state index in [2.05, 4.69) is 4.98 Å². The van der Waals surface area contributed by atoms with Gasteiger partial charge >= 0.3 is 4.87 Å². The highest BCUT2D eigenvalue weighted by atomic mass is 32.1. The maximum absolute atomic E-state index is 12.5. The van der Waals surface area contributed by atoms with Crippen molar-refractivity contribution < 1.29 is 14.6 Å². The summed E-state index contributed by atoms with van der Waals surface area (Å²) in [6.07, 6.45) is -0.148. The second-order valence-electron chi connectivity index (χ2n) is 5.91. The van der Waals surface area contributed by atoms with Crippen molar-refractivity contribution in [3.8, 4) is 5.88 Å². The summed E-state index contributed by atoms with van der Waals surface area (Å²) in [6, 6.07) is 16.9. The largest absolute Gasteiger partial charge is 0.494 e. The van der Waals surface area contributed by atoms with E-state index in [9.17, 15) is 14.7 Å². The molecule has 1 fully saturated rings. The zero-order chi connectivity index (χ0) is 17.4. The fourth-order valence-corrected chi connectivity index (χ4v) is 3.57. The van der Waals surface area contributed by atoms with E-state index in [0.29, 0.717) is 16.9 Å². The van der Waals surface area contributed by atoms with Crippen LogP contribution in [0, 0.1) is 0 Å². The lowest BCUT2D eigenvalue weighted by atomic mass is 10.0. The maximum atomic E-state index is 12.5. The van der Waals surface area contributed by atoms with Gasteiger partial charge in [0.2, 0.25) is 5.88 Å². The maximum Gasteiger partial charge on any atom is 0.307 e. The number of carbonyl (C=O) groups is 1. The summed E-state index contributed by atoms with van der Waals surface area (Å²) in [5.74, 6) is -0.123. The number of ether oxygens (including phenoxy) is 1. The van der Waals surface area contributed by atoms with Gasteiger partial charge in [-0.05, 0) is 11.1 Å². The minimum atomic E-state index is -0.424. The fourth-order valence-electron chi connectivity index (χ4n) is 2.82. The summed E-state index contributed by atoms with van der Waals surface area (Å²) < 4.78 is 5.54. The third-order valence-corrected chi connectivity index (χ3v) is 5.05. The molecule has 25 heavy (non-hydrogen) atoms. The van der Waals surface area contributed by atoms with Crippen LogP contribution in [0.15, 0.2) is 59.4 Å². The van der Waals surface area contributed by atoms with Crippen LogP contribution < -0.4 is 4.87 Å². The lowest BCUT2D eigenvalue weighted by Gasteiger charge is -2.02. The quantitative estimate of drug-likeness (QED) is 0.545. The van der Waals surface area contributed by atoms with E-state index >= 15 is 0 Å². The van der Waals surface area contributed by atoms with Crippen LogP contribution in [0.1, 0.15) is 32.5 Å². The van der Waals surface area contributed by atoms with E-state index in [-0.39, 0.29) is 22.6 Å². The number of H-pyrrole nitrogens is 1. The molecule has 2 aromatic carbocycles. The number of hydrogen-bond donors (Lipinski definition) is 2. The number of aromatic nitrogens is 1. The molecule has 2 atom stereocenters. The average Bonchev–Trinajstić information content (AvgIpc) is 3.36. The fraction of sp³-hybridized carbons (Fsp3) is 0.158. The van der Waals surface area contributed by atoms with Gasteiger partial charge in [0.1, 0.15) is 6.10 Å². The Labute approximate surface area is 147 Å². The lowest BCUT2D eigenvalue weighted by Crippen LogP contribution is -2.08. The summed E-state index contributed by atoms with van der Waals surface area (Å²) >= 11 is 0.984. The second kappa shape index (κ2) is 6.31. The minimum absolute atomic E-state index is 0.0328. The Kier molecular flexibility index (Phi) is 3.99. The predicted octanol–water partition coefficient (Wildman–Crippen LogP) is 3.06. The van der Waals surface area contributed by atoms with Gasteiger partial charge < -0.3 is 9.84 Å². The summed E-state index contributed by atoms with van der Waals surface area (Å²) in [7, 11) is 0. The number of aromatic amines is 1. The first kappa shape index (κ1) is 15.8. The normalized spacial score (nSPS) is 18.9. The smallest absolute Gasteiger partial charge is 0.307 e. The van der Waals surface area contributed by atoms with E-state index in [1.54, 1.807) is 12.1 Å². The Morgan fingerprint density at radius 3 is 2.48 bits per heavy atom. The van der Waals surface area contributed by atoms with Crippen molar-refractivity contribution in [3.63, 3.8) is 0 Å². The first-order valence-electron chi connectivity index (χ1n) is 7.86. The van der Waals surface area contributed by atoms with Crippen molar-refractivity contribution in [1.82, 2.24) is 4.98 Å². The van der Waals surface area contributed by atoms with E-state index in [1.165, 1.54) is 0 Å². The van der Waals surface area contributed by atoms with Crippen molar-refractivity contribution in [1.29, 1.82) is 0 Å². The Morgan fingerprint density at radius 2 is 1.84 bits per heavy atom. The van der Waals surface area contributed by atoms with Gasteiger partial charge in [0.15, 0.2) is 11.9 Å². The third-order valence-electron chi connectivity index (χ3n) is 4.18. The van der Waals surface area contributed by atoms with Gasteiger partial charge in [-0.1, -0.05) is 65.9 Å². The molecule has 0 amide bonds. The number of rotatable bonds is 5. The molecular formula is C19H15NO4S. The molecule has 1 saturated heterocycles. The number of thiazole rings is 1. The van der Waals surface area contributed by atoms with E-state index in [1.807, 2.05) is 42.5 Å². The molecule has 2 heterocycles. The molecule has 0 spiro atoms. The molecule has 6 heteroatoms. The number of Topliss-reactive ketones (excluding diaryl/α,β-unsaturated/α-hetero) is 1. The van der Waals surface area contributed by atoms with Gasteiger partial charge in [-0.25, -0.2) is 0 Å². The van der Waals surface area contributed by atoms with E-state index in [0.717, 1.165) is 22.5 Å². The second-order valence-corrected chi connectivity index (χ2v) is 6.98. The molecular weight excluding hydrogens is 338 g/mol. The van der Waals surface area contributed by atoms with Crippen LogP contribution >= 0.6 is 11.3 Å². The van der Waals surface area contributed by atoms with Crippen LogP contribution in [0.25, 0.3) is 0 Å². The summed E-state index contributed by atoms with van der Waals surface area (Å²) in [5.41, 5.74) is 2.52. The third kappa shape index (κ3) is 3.26. The van der Waals surface area contributed by atoms with Gasteiger partial charge in [-0.2, -0.15) is 0 Å². The number of carbonyl (C=O) groups excluding carboxylic acids is 1. The molecule has 0 radical (unpaired) electrons. The average molecular weight is 353 g/mol. The zero-order valence-corrected chi connectivity index (χ0v) is 14.0. The molecule has 0 saturated carbocycles. The molecule has 1 aliphatic heterocycles. The summed E-state index contributed by atoms with van der Waals surface area (Å²) in [4.78, 5) is 26.4. The standard InChI is InChI=1S/C19H15NO4S/c21-15(17-16(24-17)13-4-2-1-3-5-13)12-8-6-11(7-9-12)10-14-18(22)20-19(23)25-14/h1-9,16-17,22H,10H2,(H,20,23). The SMILES string of the molecule is O=C(c1ccc(Cc2sc(=O)[nH]c2O)cc1)C1OC1c1ccccc1. The topological polar surface area (TPSA) is 82.7 Å². The highest BCUT2D eigenvalue weighted by Crippen LogP contribution is 2.40. The number of ketones is 1. The van der Waals surface area contributed by atoms with E-state index in [4.69, 9.17) is 4.74 Å². The van der Waals surface area contributed by atoms with Crippen LogP contribution in [0.4, 0.5) is 0 Å². The number of hydrogen-bond acceptors (Lipinski definition) is 5. The minimum Gasteiger partial charge on any atom is -0.494 e. The molecule has 126 valence electrons. The van der Waals surface area contributed by atoms with Crippen LogP contribution in [-0.2, 0) is 11.2 Å². The van der Waals surface area contributed by atoms with Gasteiger partial charge in [-0.3, -0.25) is 14.6 Å². The molecule has 2 N–H and O–H groups in total.